The van der Waals surface area contributed by atoms with Crippen LogP contribution in [0.3, 0.4) is 0 Å². The lowest BCUT2D eigenvalue weighted by Gasteiger charge is -2.16. The zero-order valence-corrected chi connectivity index (χ0v) is 11.5. The maximum absolute atomic E-state index is 13.1. The van der Waals surface area contributed by atoms with Crippen molar-refractivity contribution in [2.45, 2.75) is 31.8 Å². The Labute approximate surface area is 107 Å². The predicted molar refractivity (Wildman–Crippen MR) is 67.2 cm³/mol. The molecule has 1 unspecified atom stereocenters. The third kappa shape index (κ3) is 3.76. The Bertz CT molecular complexity index is 514. The number of aliphatic hydroxyl groups excluding tert-OH is 1. The number of sulfonamides is 1. The van der Waals surface area contributed by atoms with Crippen LogP contribution in [-0.4, -0.2) is 26.2 Å². The summed E-state index contributed by atoms with van der Waals surface area (Å²) in [6, 6.07) is 3.58. The normalized spacial score (nSPS) is 13.9. The van der Waals surface area contributed by atoms with Gasteiger partial charge in [-0.25, -0.2) is 17.5 Å². The molecule has 2 N–H and O–H groups in total. The largest absolute Gasteiger partial charge is 0.391 e. The predicted octanol–water partition coefficient (Wildman–Crippen LogP) is 1.43. The Morgan fingerprint density at radius 3 is 2.56 bits per heavy atom. The summed E-state index contributed by atoms with van der Waals surface area (Å²) in [5.74, 6) is -0.660. The first kappa shape index (κ1) is 15.1. The SMILES string of the molecule is Cc1ccc(F)cc1S(=O)(=O)NCC(O)C(C)C. The number of benzene rings is 1. The highest BCUT2D eigenvalue weighted by atomic mass is 32.2. The summed E-state index contributed by atoms with van der Waals surface area (Å²) in [6.45, 7) is 5.07. The van der Waals surface area contributed by atoms with E-state index in [9.17, 15) is 17.9 Å². The van der Waals surface area contributed by atoms with Crippen molar-refractivity contribution in [2.75, 3.05) is 6.54 Å². The molecule has 0 aliphatic carbocycles. The van der Waals surface area contributed by atoms with E-state index in [2.05, 4.69) is 4.72 Å². The third-order valence-corrected chi connectivity index (χ3v) is 4.26. The summed E-state index contributed by atoms with van der Waals surface area (Å²) >= 11 is 0. The minimum atomic E-state index is -3.79. The molecule has 0 fully saturated rings. The van der Waals surface area contributed by atoms with E-state index in [1.54, 1.807) is 20.8 Å². The summed E-state index contributed by atoms with van der Waals surface area (Å²) in [7, 11) is -3.79. The van der Waals surface area contributed by atoms with E-state index in [0.717, 1.165) is 6.07 Å². The van der Waals surface area contributed by atoms with E-state index >= 15 is 0 Å². The molecule has 0 saturated carbocycles. The van der Waals surface area contributed by atoms with E-state index in [0.29, 0.717) is 5.56 Å². The number of halogens is 1. The molecule has 6 heteroatoms. The van der Waals surface area contributed by atoms with Gasteiger partial charge in [-0.2, -0.15) is 0 Å². The fourth-order valence-electron chi connectivity index (χ4n) is 1.37. The first-order valence-electron chi connectivity index (χ1n) is 5.68. The first-order chi connectivity index (χ1) is 8.24. The van der Waals surface area contributed by atoms with Gasteiger partial charge in [-0.05, 0) is 30.5 Å². The van der Waals surface area contributed by atoms with Crippen LogP contribution in [-0.2, 0) is 10.0 Å². The lowest BCUT2D eigenvalue weighted by atomic mass is 10.1. The number of aryl methyl sites for hydroxylation is 1. The topological polar surface area (TPSA) is 66.4 Å². The average molecular weight is 275 g/mol. The zero-order chi connectivity index (χ0) is 13.9. The summed E-state index contributed by atoms with van der Waals surface area (Å²) in [6.07, 6.45) is -0.770. The number of nitrogens with one attached hydrogen (secondary N) is 1. The maximum atomic E-state index is 13.1. The molecule has 0 saturated heterocycles. The van der Waals surface area contributed by atoms with Gasteiger partial charge in [0.25, 0.3) is 0 Å². The molecule has 0 heterocycles. The van der Waals surface area contributed by atoms with Crippen LogP contribution in [0.15, 0.2) is 23.1 Å². The Kier molecular flexibility index (Phi) is 4.84. The van der Waals surface area contributed by atoms with Gasteiger partial charge in [0.2, 0.25) is 10.0 Å². The molecule has 4 nitrogen and oxygen atoms in total. The van der Waals surface area contributed by atoms with E-state index in [-0.39, 0.29) is 17.4 Å². The highest BCUT2D eigenvalue weighted by Gasteiger charge is 2.19. The van der Waals surface area contributed by atoms with E-state index in [1.165, 1.54) is 12.1 Å². The van der Waals surface area contributed by atoms with Crippen LogP contribution in [0.2, 0.25) is 0 Å². The molecule has 0 aliphatic rings. The van der Waals surface area contributed by atoms with Crippen LogP contribution in [0.25, 0.3) is 0 Å². The van der Waals surface area contributed by atoms with Gasteiger partial charge in [0, 0.05) is 6.54 Å². The summed E-state index contributed by atoms with van der Waals surface area (Å²) < 4.78 is 39.2. The second kappa shape index (κ2) is 5.77. The molecule has 1 rings (SSSR count). The second-order valence-corrected chi connectivity index (χ2v) is 6.31. The Balaban J connectivity index is 2.90. The smallest absolute Gasteiger partial charge is 0.241 e. The molecular formula is C12H18FNO3S. The van der Waals surface area contributed by atoms with Gasteiger partial charge in [0.15, 0.2) is 0 Å². The third-order valence-electron chi connectivity index (χ3n) is 2.69. The minimum absolute atomic E-state index is 0.0543. The maximum Gasteiger partial charge on any atom is 0.241 e. The molecule has 0 aromatic heterocycles. The molecule has 0 radical (unpaired) electrons. The van der Waals surface area contributed by atoms with Gasteiger partial charge in [0.05, 0.1) is 11.0 Å². The first-order valence-corrected chi connectivity index (χ1v) is 7.16. The molecule has 0 aliphatic heterocycles. The highest BCUT2D eigenvalue weighted by Crippen LogP contribution is 2.16. The van der Waals surface area contributed by atoms with Crippen molar-refractivity contribution < 1.29 is 17.9 Å². The van der Waals surface area contributed by atoms with Gasteiger partial charge >= 0.3 is 0 Å². The van der Waals surface area contributed by atoms with Gasteiger partial charge in [-0.1, -0.05) is 19.9 Å². The van der Waals surface area contributed by atoms with Crippen LogP contribution in [0.4, 0.5) is 4.39 Å². The number of hydrogen-bond donors (Lipinski definition) is 2. The number of hydrogen-bond acceptors (Lipinski definition) is 3. The average Bonchev–Trinajstić information content (AvgIpc) is 2.29. The molecule has 0 spiro atoms. The van der Waals surface area contributed by atoms with Gasteiger partial charge in [-0.15, -0.1) is 0 Å². The van der Waals surface area contributed by atoms with Crippen LogP contribution in [0.5, 0.6) is 0 Å². The molecule has 0 amide bonds. The number of aliphatic hydroxyl groups is 1. The quantitative estimate of drug-likeness (QED) is 0.854. The van der Waals surface area contributed by atoms with Crippen molar-refractivity contribution in [1.29, 1.82) is 0 Å². The summed E-state index contributed by atoms with van der Waals surface area (Å²) in [4.78, 5) is -0.0987. The van der Waals surface area contributed by atoms with Crippen molar-refractivity contribution in [2.24, 2.45) is 5.92 Å². The van der Waals surface area contributed by atoms with Crippen molar-refractivity contribution in [3.8, 4) is 0 Å². The Morgan fingerprint density at radius 1 is 1.39 bits per heavy atom. The fourth-order valence-corrected chi connectivity index (χ4v) is 2.68. The van der Waals surface area contributed by atoms with Gasteiger partial charge in [-0.3, -0.25) is 0 Å². The van der Waals surface area contributed by atoms with Crippen LogP contribution < -0.4 is 4.72 Å². The standard InChI is InChI=1S/C12H18FNO3S/c1-8(2)11(15)7-14-18(16,17)12-6-10(13)5-4-9(12)3/h4-6,8,11,14-15H,7H2,1-3H3. The van der Waals surface area contributed by atoms with Crippen LogP contribution in [0.1, 0.15) is 19.4 Å². The van der Waals surface area contributed by atoms with E-state index in [4.69, 9.17) is 0 Å². The number of rotatable bonds is 5. The lowest BCUT2D eigenvalue weighted by molar-refractivity contribution is 0.129. The zero-order valence-electron chi connectivity index (χ0n) is 10.6. The van der Waals surface area contributed by atoms with Crippen LogP contribution >= 0.6 is 0 Å². The monoisotopic (exact) mass is 275 g/mol. The highest BCUT2D eigenvalue weighted by molar-refractivity contribution is 7.89. The summed E-state index contributed by atoms with van der Waals surface area (Å²) in [5.41, 5.74) is 0.461. The van der Waals surface area contributed by atoms with E-state index in [1.807, 2.05) is 0 Å². The second-order valence-electron chi connectivity index (χ2n) is 4.57. The molecule has 1 aromatic rings. The van der Waals surface area contributed by atoms with Crippen molar-refractivity contribution in [3.63, 3.8) is 0 Å². The summed E-state index contributed by atoms with van der Waals surface area (Å²) in [5, 5.41) is 9.56. The van der Waals surface area contributed by atoms with Crippen molar-refractivity contribution in [3.05, 3.63) is 29.6 Å². The van der Waals surface area contributed by atoms with E-state index < -0.39 is 21.9 Å². The lowest BCUT2D eigenvalue weighted by Crippen LogP contribution is -2.35. The molecule has 18 heavy (non-hydrogen) atoms. The van der Waals surface area contributed by atoms with Gasteiger partial charge < -0.3 is 5.11 Å². The minimum Gasteiger partial charge on any atom is -0.391 e. The Hall–Kier alpha value is -0.980. The molecular weight excluding hydrogens is 257 g/mol. The van der Waals surface area contributed by atoms with Crippen molar-refractivity contribution >= 4 is 10.0 Å². The van der Waals surface area contributed by atoms with Crippen LogP contribution in [0, 0.1) is 18.7 Å². The fraction of sp³-hybridized carbons (Fsp3) is 0.500. The van der Waals surface area contributed by atoms with Gasteiger partial charge in [0.1, 0.15) is 5.82 Å². The Morgan fingerprint density at radius 2 is 2.00 bits per heavy atom. The molecule has 102 valence electrons. The molecule has 1 aromatic carbocycles. The molecule has 1 atom stereocenters. The molecule has 0 bridgehead atoms. The van der Waals surface area contributed by atoms with Crippen molar-refractivity contribution in [1.82, 2.24) is 4.72 Å².